The Labute approximate surface area is 83.2 Å². The molecule has 0 aliphatic carbocycles. The maximum absolute atomic E-state index is 12.7. The summed E-state index contributed by atoms with van der Waals surface area (Å²) in [7, 11) is 0. The van der Waals surface area contributed by atoms with Crippen molar-refractivity contribution in [3.63, 3.8) is 0 Å². The van der Waals surface area contributed by atoms with Crippen molar-refractivity contribution in [3.8, 4) is 0 Å². The Morgan fingerprint density at radius 2 is 2.00 bits per heavy atom. The van der Waals surface area contributed by atoms with Crippen LogP contribution in [0, 0.1) is 19.7 Å². The molecular formula is C8H8BrFZn. The Balaban J connectivity index is 0.000000461. The van der Waals surface area contributed by atoms with Crippen molar-refractivity contribution in [1.29, 1.82) is 0 Å². The molecule has 0 heterocycles. The van der Waals surface area contributed by atoms with Crippen LogP contribution in [0.1, 0.15) is 11.1 Å². The van der Waals surface area contributed by atoms with Crippen LogP contribution in [0.4, 0.5) is 4.39 Å². The fourth-order valence-corrected chi connectivity index (χ4v) is 0.708. The monoisotopic (exact) mass is 266 g/mol. The quantitative estimate of drug-likeness (QED) is 0.501. The van der Waals surface area contributed by atoms with Crippen LogP contribution in [0.3, 0.4) is 0 Å². The summed E-state index contributed by atoms with van der Waals surface area (Å²) in [5.41, 5.74) is 1.12. The molecule has 56 valence electrons. The van der Waals surface area contributed by atoms with Crippen LogP contribution >= 0.6 is 13.6 Å². The summed E-state index contributed by atoms with van der Waals surface area (Å²) in [4.78, 5) is 0. The predicted molar refractivity (Wildman–Crippen MR) is 44.5 cm³/mol. The summed E-state index contributed by atoms with van der Waals surface area (Å²) in [5.74, 6) is -0.197. The van der Waals surface area contributed by atoms with E-state index in [4.69, 9.17) is 0 Å². The first-order chi connectivity index (χ1) is 5.22. The van der Waals surface area contributed by atoms with Gasteiger partial charge in [-0.25, -0.2) is 0 Å². The SMILES string of the molecule is [CH2-]c1cccc(C)c1F.[Zn+][Br]. The third-order valence-corrected chi connectivity index (χ3v) is 1.27. The van der Waals surface area contributed by atoms with Crippen molar-refractivity contribution in [2.45, 2.75) is 6.92 Å². The van der Waals surface area contributed by atoms with E-state index in [9.17, 15) is 4.39 Å². The van der Waals surface area contributed by atoms with Crippen LogP contribution in [0.25, 0.3) is 0 Å². The zero-order valence-corrected chi connectivity index (χ0v) is 11.0. The fraction of sp³-hybridized carbons (Fsp3) is 0.125. The molecule has 0 aliphatic heterocycles. The van der Waals surface area contributed by atoms with E-state index in [1.54, 1.807) is 25.1 Å². The van der Waals surface area contributed by atoms with E-state index >= 15 is 0 Å². The molecule has 1 aromatic carbocycles. The second kappa shape index (κ2) is 5.73. The Kier molecular flexibility index (Phi) is 5.80. The Hall–Kier alpha value is 0.123. The van der Waals surface area contributed by atoms with Gasteiger partial charge in [-0.15, -0.1) is 6.07 Å². The second-order valence-corrected chi connectivity index (χ2v) is 2.05. The molecule has 0 saturated heterocycles. The van der Waals surface area contributed by atoms with Crippen molar-refractivity contribution < 1.29 is 20.7 Å². The molecule has 0 amide bonds. The molecule has 0 aliphatic rings. The minimum atomic E-state index is -0.197. The molecule has 11 heavy (non-hydrogen) atoms. The van der Waals surface area contributed by atoms with Crippen molar-refractivity contribution >= 4 is 13.6 Å². The standard InChI is InChI=1S/C8H8F.BrH.Zn/c1-6-4-3-5-7(2)8(6)9;;/h3-5H,1H2,2H3;1H;/q-1;;+2/p-1. The van der Waals surface area contributed by atoms with E-state index in [1.165, 1.54) is 16.3 Å². The van der Waals surface area contributed by atoms with Crippen molar-refractivity contribution in [2.24, 2.45) is 0 Å². The van der Waals surface area contributed by atoms with Crippen LogP contribution in [0.2, 0.25) is 0 Å². The molecule has 0 N–H and O–H groups in total. The van der Waals surface area contributed by atoms with Gasteiger partial charge in [0, 0.05) is 5.82 Å². The van der Waals surface area contributed by atoms with Crippen LogP contribution in [-0.4, -0.2) is 0 Å². The predicted octanol–water partition coefficient (Wildman–Crippen LogP) is 3.16. The van der Waals surface area contributed by atoms with Gasteiger partial charge in [0.1, 0.15) is 0 Å². The number of halogens is 2. The first-order valence-corrected chi connectivity index (χ1v) is 10.0. The van der Waals surface area contributed by atoms with Gasteiger partial charge in [-0.2, -0.15) is 18.6 Å². The Morgan fingerprint density at radius 1 is 1.45 bits per heavy atom. The summed E-state index contributed by atoms with van der Waals surface area (Å²) in [6.45, 7) is 5.23. The summed E-state index contributed by atoms with van der Waals surface area (Å²) >= 11 is 4.25. The van der Waals surface area contributed by atoms with E-state index in [0.29, 0.717) is 11.1 Å². The van der Waals surface area contributed by atoms with E-state index in [-0.39, 0.29) is 5.82 Å². The average Bonchev–Trinajstić information content (AvgIpc) is 2.04. The number of benzene rings is 1. The molecule has 0 bridgehead atoms. The van der Waals surface area contributed by atoms with Crippen LogP contribution in [0.15, 0.2) is 18.2 Å². The topological polar surface area (TPSA) is 0 Å². The van der Waals surface area contributed by atoms with Gasteiger partial charge in [-0.05, 0) is 6.92 Å². The number of aryl methyl sites for hydroxylation is 1. The van der Waals surface area contributed by atoms with Crippen LogP contribution < -0.4 is 0 Å². The van der Waals surface area contributed by atoms with Crippen molar-refractivity contribution in [3.05, 3.63) is 42.1 Å². The average molecular weight is 268 g/mol. The van der Waals surface area contributed by atoms with Gasteiger partial charge in [0.15, 0.2) is 0 Å². The number of hydrogen-bond donors (Lipinski definition) is 0. The molecular weight excluding hydrogens is 260 g/mol. The van der Waals surface area contributed by atoms with Crippen molar-refractivity contribution in [1.82, 2.24) is 0 Å². The first kappa shape index (κ1) is 11.1. The van der Waals surface area contributed by atoms with Gasteiger partial charge >= 0.3 is 30.0 Å². The molecule has 1 rings (SSSR count). The summed E-state index contributed by atoms with van der Waals surface area (Å²) in [6.07, 6.45) is 0. The fourth-order valence-electron chi connectivity index (χ4n) is 0.708. The van der Waals surface area contributed by atoms with Crippen LogP contribution in [0.5, 0.6) is 0 Å². The molecule has 0 saturated carbocycles. The Bertz CT molecular complexity index is 205. The maximum atomic E-state index is 12.7. The van der Waals surface area contributed by atoms with Gasteiger partial charge in [-0.3, -0.25) is 4.39 Å². The molecule has 0 spiro atoms. The molecule has 0 aromatic heterocycles. The van der Waals surface area contributed by atoms with Gasteiger partial charge in [0.25, 0.3) is 0 Å². The molecule has 3 heteroatoms. The zero-order valence-electron chi connectivity index (χ0n) is 6.40. The third kappa shape index (κ3) is 3.35. The normalized spacial score (nSPS) is 8.45. The molecule has 0 unspecified atom stereocenters. The van der Waals surface area contributed by atoms with Crippen LogP contribution in [-0.2, 0) is 16.3 Å². The van der Waals surface area contributed by atoms with E-state index in [0.717, 1.165) is 0 Å². The molecule has 1 aromatic rings. The number of hydrogen-bond acceptors (Lipinski definition) is 0. The molecule has 0 radical (unpaired) electrons. The molecule has 0 nitrogen and oxygen atoms in total. The summed E-state index contributed by atoms with van der Waals surface area (Å²) in [5, 5.41) is 0. The van der Waals surface area contributed by atoms with E-state index in [1.807, 2.05) is 0 Å². The summed E-state index contributed by atoms with van der Waals surface area (Å²) < 4.78 is 12.7. The van der Waals surface area contributed by atoms with Gasteiger partial charge in [-0.1, -0.05) is 11.6 Å². The van der Waals surface area contributed by atoms with Crippen molar-refractivity contribution in [2.75, 3.05) is 0 Å². The Morgan fingerprint density at radius 3 is 2.36 bits per heavy atom. The molecule has 0 atom stereocenters. The third-order valence-electron chi connectivity index (χ3n) is 1.27. The van der Waals surface area contributed by atoms with Gasteiger partial charge < -0.3 is 0 Å². The number of rotatable bonds is 0. The molecule has 0 fully saturated rings. The summed E-state index contributed by atoms with van der Waals surface area (Å²) in [6, 6.07) is 5.17. The zero-order chi connectivity index (χ0) is 8.85. The van der Waals surface area contributed by atoms with E-state index in [2.05, 4.69) is 20.5 Å². The minimum absolute atomic E-state index is 0.197. The second-order valence-electron chi connectivity index (χ2n) is 2.05. The first-order valence-electron chi connectivity index (χ1n) is 3.05. The van der Waals surface area contributed by atoms with Gasteiger partial charge in [0.2, 0.25) is 0 Å². The van der Waals surface area contributed by atoms with E-state index < -0.39 is 0 Å². The van der Waals surface area contributed by atoms with Gasteiger partial charge in [0.05, 0.1) is 0 Å².